The minimum Gasteiger partial charge on any atom is -0.330 e. The molecule has 23 heavy (non-hydrogen) atoms. The van der Waals surface area contributed by atoms with E-state index in [4.69, 9.17) is 15.1 Å². The summed E-state index contributed by atoms with van der Waals surface area (Å²) in [5, 5.41) is 7.07. The van der Waals surface area contributed by atoms with Crippen LogP contribution in [0.15, 0.2) is 0 Å². The summed E-state index contributed by atoms with van der Waals surface area (Å²) in [5.74, 6) is 1.81. The van der Waals surface area contributed by atoms with E-state index in [-0.39, 0.29) is 10.8 Å². The molecule has 0 aromatic rings. The number of nitrogens with one attached hydrogen (secondary N) is 2. The smallest absolute Gasteiger partial charge is 0.0480 e. The molecule has 0 atom stereocenters. The van der Waals surface area contributed by atoms with Crippen molar-refractivity contribution in [1.82, 2.24) is 10.6 Å². The maximum absolute atomic E-state index is 6.50. The quantitative estimate of drug-likeness (QED) is 0.422. The van der Waals surface area contributed by atoms with Gasteiger partial charge in [-0.15, -0.1) is 20.6 Å². The molecule has 0 aliphatic carbocycles. The van der Waals surface area contributed by atoms with Gasteiger partial charge in [-0.05, 0) is 48.9 Å². The molecule has 0 unspecified atom stereocenters. The van der Waals surface area contributed by atoms with Crippen LogP contribution in [0, 0.1) is 10.8 Å². The zero-order chi connectivity index (χ0) is 18.4. The molecule has 0 aromatic carbocycles. The highest BCUT2D eigenvalue weighted by molar-refractivity contribution is 8.40. The van der Waals surface area contributed by atoms with Gasteiger partial charge in [0.05, 0.1) is 0 Å². The van der Waals surface area contributed by atoms with Crippen LogP contribution in [-0.2, 0) is 3.63 Å². The molecule has 7 heteroatoms. The topological polar surface area (TPSA) is 85.3 Å². The predicted octanol–water partition coefficient (Wildman–Crippen LogP) is 2.03. The Bertz CT molecular complexity index is 315. The van der Waals surface area contributed by atoms with Crippen molar-refractivity contribution in [3.8, 4) is 0 Å². The van der Waals surface area contributed by atoms with E-state index in [2.05, 4.69) is 63.4 Å². The fourth-order valence-corrected chi connectivity index (χ4v) is 7.52. The van der Waals surface area contributed by atoms with E-state index in [1.165, 1.54) is 0 Å². The molecule has 6 N–H and O–H groups in total. The van der Waals surface area contributed by atoms with Crippen LogP contribution in [0.25, 0.3) is 0 Å². The van der Waals surface area contributed by atoms with Crippen molar-refractivity contribution in [2.75, 3.05) is 63.0 Å². The predicted molar refractivity (Wildman–Crippen MR) is 111 cm³/mol. The van der Waals surface area contributed by atoms with Crippen molar-refractivity contribution in [2.24, 2.45) is 22.3 Å². The van der Waals surface area contributed by atoms with Crippen LogP contribution in [0.2, 0.25) is 0 Å². The standard InChI is InChI=1S/C16H42N4OS2/c1-15(2,9-17)11-19-13-22(5,6)21-23(7,8)14-20-12-16(3,4)10-18/h19-20H,9-14,17-18H2,1-8H3. The molecule has 0 rings (SSSR count). The van der Waals surface area contributed by atoms with Crippen LogP contribution in [0.1, 0.15) is 27.7 Å². The Morgan fingerprint density at radius 3 is 1.30 bits per heavy atom. The Hall–Kier alpha value is 0.500. The second-order valence-electron chi connectivity index (χ2n) is 8.82. The molecule has 0 heterocycles. The van der Waals surface area contributed by atoms with Crippen LogP contribution < -0.4 is 22.1 Å². The second kappa shape index (κ2) is 9.27. The molecular weight excluding hydrogens is 328 g/mol. The minimum absolute atomic E-state index is 0.132. The summed E-state index contributed by atoms with van der Waals surface area (Å²) in [6, 6.07) is 0. The first-order chi connectivity index (χ1) is 10.2. The van der Waals surface area contributed by atoms with Gasteiger partial charge in [0.1, 0.15) is 0 Å². The highest BCUT2D eigenvalue weighted by atomic mass is 32.3. The van der Waals surface area contributed by atoms with Gasteiger partial charge in [-0.3, -0.25) is 3.63 Å². The lowest BCUT2D eigenvalue weighted by molar-refractivity contribution is 0.360. The Morgan fingerprint density at radius 2 is 1.04 bits per heavy atom. The minimum atomic E-state index is -1.12. The number of nitrogens with two attached hydrogens (primary N) is 2. The molecule has 0 amide bonds. The summed E-state index contributed by atoms with van der Waals surface area (Å²) >= 11 is 0. The molecule has 0 fully saturated rings. The lowest BCUT2D eigenvalue weighted by Crippen LogP contribution is -2.38. The third-order valence-corrected chi connectivity index (χ3v) is 8.33. The van der Waals surface area contributed by atoms with Gasteiger partial charge in [-0.25, -0.2) is 0 Å². The maximum atomic E-state index is 6.50. The number of hydrogen-bond acceptors (Lipinski definition) is 5. The highest BCUT2D eigenvalue weighted by Crippen LogP contribution is 2.56. The zero-order valence-electron chi connectivity index (χ0n) is 16.6. The molecule has 0 spiro atoms. The summed E-state index contributed by atoms with van der Waals surface area (Å²) in [6.45, 7) is 11.9. The molecule has 0 aliphatic heterocycles. The van der Waals surface area contributed by atoms with Gasteiger partial charge in [0.15, 0.2) is 0 Å². The van der Waals surface area contributed by atoms with E-state index in [0.717, 1.165) is 24.8 Å². The maximum Gasteiger partial charge on any atom is 0.0480 e. The van der Waals surface area contributed by atoms with E-state index in [1.54, 1.807) is 0 Å². The Labute approximate surface area is 148 Å². The first-order valence-electron chi connectivity index (χ1n) is 8.19. The number of hydrogen-bond donors (Lipinski definition) is 4. The van der Waals surface area contributed by atoms with E-state index >= 15 is 0 Å². The van der Waals surface area contributed by atoms with Crippen LogP contribution in [0.3, 0.4) is 0 Å². The Morgan fingerprint density at radius 1 is 0.739 bits per heavy atom. The van der Waals surface area contributed by atoms with E-state index in [1.807, 2.05) is 0 Å². The SMILES string of the molecule is CC(C)(CN)CNCS(C)(C)OS(C)(C)CNCC(C)(C)CN. The molecule has 0 aromatic heterocycles. The molecule has 0 saturated heterocycles. The second-order valence-corrected chi connectivity index (χ2v) is 15.7. The van der Waals surface area contributed by atoms with Crippen LogP contribution in [0.4, 0.5) is 0 Å². The fourth-order valence-electron chi connectivity index (χ4n) is 1.96. The van der Waals surface area contributed by atoms with Crippen molar-refractivity contribution in [1.29, 1.82) is 0 Å². The van der Waals surface area contributed by atoms with Gasteiger partial charge in [0, 0.05) is 24.8 Å². The van der Waals surface area contributed by atoms with Crippen molar-refractivity contribution in [3.05, 3.63) is 0 Å². The highest BCUT2D eigenvalue weighted by Gasteiger charge is 2.24. The van der Waals surface area contributed by atoms with Crippen molar-refractivity contribution in [3.63, 3.8) is 0 Å². The molecule has 0 bridgehead atoms. The van der Waals surface area contributed by atoms with E-state index in [0.29, 0.717) is 13.1 Å². The van der Waals surface area contributed by atoms with Crippen LogP contribution >= 0.6 is 20.6 Å². The normalized spacial score (nSPS) is 15.7. The van der Waals surface area contributed by atoms with Gasteiger partial charge in [-0.1, -0.05) is 27.7 Å². The van der Waals surface area contributed by atoms with Gasteiger partial charge in [0.2, 0.25) is 0 Å². The zero-order valence-corrected chi connectivity index (χ0v) is 18.3. The first-order valence-corrected chi connectivity index (χ1v) is 13.3. The average Bonchev–Trinajstić information content (AvgIpc) is 2.36. The molecule has 0 aliphatic rings. The van der Waals surface area contributed by atoms with Gasteiger partial charge in [-0.2, -0.15) is 0 Å². The lowest BCUT2D eigenvalue weighted by atomic mass is 9.94. The van der Waals surface area contributed by atoms with Crippen molar-refractivity contribution < 1.29 is 3.63 Å². The molecule has 144 valence electrons. The summed E-state index contributed by atoms with van der Waals surface area (Å²) in [7, 11) is -2.24. The monoisotopic (exact) mass is 370 g/mol. The molecular formula is C16H42N4OS2. The summed E-state index contributed by atoms with van der Waals surface area (Å²) in [6.07, 6.45) is 8.92. The fraction of sp³-hybridized carbons (Fsp3) is 1.00. The molecule has 0 radical (unpaired) electrons. The van der Waals surface area contributed by atoms with Crippen LogP contribution in [-0.4, -0.2) is 63.0 Å². The summed E-state index contributed by atoms with van der Waals surface area (Å²) in [4.78, 5) is 0. The third-order valence-electron chi connectivity index (χ3n) is 3.58. The summed E-state index contributed by atoms with van der Waals surface area (Å²) < 4.78 is 6.50. The largest absolute Gasteiger partial charge is 0.330 e. The van der Waals surface area contributed by atoms with Gasteiger partial charge < -0.3 is 22.1 Å². The third kappa shape index (κ3) is 11.6. The number of rotatable bonds is 12. The molecule has 0 saturated carbocycles. The van der Waals surface area contributed by atoms with Gasteiger partial charge >= 0.3 is 0 Å². The Kier molecular flexibility index (Phi) is 9.47. The van der Waals surface area contributed by atoms with Gasteiger partial charge in [0.25, 0.3) is 0 Å². The lowest BCUT2D eigenvalue weighted by Gasteiger charge is -2.43. The van der Waals surface area contributed by atoms with Crippen molar-refractivity contribution in [2.45, 2.75) is 27.7 Å². The average molecular weight is 371 g/mol. The summed E-state index contributed by atoms with van der Waals surface area (Å²) in [5.41, 5.74) is 11.8. The van der Waals surface area contributed by atoms with Crippen LogP contribution in [0.5, 0.6) is 0 Å². The van der Waals surface area contributed by atoms with Crippen molar-refractivity contribution >= 4 is 20.6 Å². The van der Waals surface area contributed by atoms with E-state index in [9.17, 15) is 0 Å². The van der Waals surface area contributed by atoms with E-state index < -0.39 is 20.6 Å². The Balaban J connectivity index is 4.29. The molecule has 5 nitrogen and oxygen atoms in total. The first kappa shape index (κ1) is 23.5.